The minimum atomic E-state index is 0.758. The average Bonchev–Trinajstić information content (AvgIpc) is 2.40. The molecule has 2 atom stereocenters. The van der Waals surface area contributed by atoms with E-state index in [1.54, 1.807) is 0 Å². The molecule has 1 rings (SSSR count). The Morgan fingerprint density at radius 3 is 2.33 bits per heavy atom. The zero-order chi connectivity index (χ0) is 13.4. The summed E-state index contributed by atoms with van der Waals surface area (Å²) >= 11 is 0. The summed E-state index contributed by atoms with van der Waals surface area (Å²) in [5.74, 6) is 3.52. The molecule has 0 heteroatoms. The van der Waals surface area contributed by atoms with Gasteiger partial charge in [0.15, 0.2) is 0 Å². The Balaban J connectivity index is 2.35. The molecule has 0 aromatic carbocycles. The van der Waals surface area contributed by atoms with Gasteiger partial charge in [0.2, 0.25) is 0 Å². The van der Waals surface area contributed by atoms with Crippen LogP contribution in [0.15, 0.2) is 24.8 Å². The van der Waals surface area contributed by atoms with Gasteiger partial charge in [-0.05, 0) is 69.1 Å². The Morgan fingerprint density at radius 1 is 1.17 bits per heavy atom. The van der Waals surface area contributed by atoms with E-state index in [9.17, 15) is 0 Å². The smallest absolute Gasteiger partial charge is 0.0236 e. The first-order valence-electron chi connectivity index (χ1n) is 7.96. The highest BCUT2D eigenvalue weighted by molar-refractivity contribution is 4.87. The van der Waals surface area contributed by atoms with Crippen LogP contribution in [0.2, 0.25) is 0 Å². The van der Waals surface area contributed by atoms with Gasteiger partial charge in [0, 0.05) is 0 Å². The molecule has 0 aromatic heterocycles. The minimum Gasteiger partial charge on any atom is -0.103 e. The standard InChI is InChI=1S/C18H32/c1-5-8-15(4)9-12-17(7-3)18-13-10-16(6-2)11-14-18/h5-6,8,15-18H,2,7,9-14H2,1,3-4H3/b8-5+. The van der Waals surface area contributed by atoms with Crippen LogP contribution in [0.3, 0.4) is 0 Å². The zero-order valence-electron chi connectivity index (χ0n) is 12.7. The van der Waals surface area contributed by atoms with Crippen LogP contribution in [0.1, 0.15) is 65.7 Å². The highest BCUT2D eigenvalue weighted by Gasteiger charge is 2.25. The third-order valence-electron chi connectivity index (χ3n) is 4.85. The molecule has 104 valence electrons. The van der Waals surface area contributed by atoms with Crippen molar-refractivity contribution >= 4 is 0 Å². The van der Waals surface area contributed by atoms with Crippen LogP contribution in [0, 0.1) is 23.7 Å². The lowest BCUT2D eigenvalue weighted by Crippen LogP contribution is -2.21. The van der Waals surface area contributed by atoms with E-state index in [4.69, 9.17) is 0 Å². The molecule has 1 saturated carbocycles. The van der Waals surface area contributed by atoms with E-state index >= 15 is 0 Å². The number of hydrogen-bond donors (Lipinski definition) is 0. The molecule has 2 unspecified atom stereocenters. The average molecular weight is 248 g/mol. The fraction of sp³-hybridized carbons (Fsp3) is 0.778. The Bertz CT molecular complexity index is 243. The van der Waals surface area contributed by atoms with Crippen molar-refractivity contribution in [2.45, 2.75) is 65.7 Å². The van der Waals surface area contributed by atoms with Gasteiger partial charge in [0.05, 0.1) is 0 Å². The second kappa shape index (κ2) is 8.56. The van der Waals surface area contributed by atoms with Crippen LogP contribution >= 0.6 is 0 Å². The molecule has 0 amide bonds. The third-order valence-corrected chi connectivity index (χ3v) is 4.85. The zero-order valence-corrected chi connectivity index (χ0v) is 12.7. The third kappa shape index (κ3) is 5.00. The summed E-state index contributed by atoms with van der Waals surface area (Å²) in [5.41, 5.74) is 0. The van der Waals surface area contributed by atoms with Crippen LogP contribution in [0.5, 0.6) is 0 Å². The Hall–Kier alpha value is -0.520. The van der Waals surface area contributed by atoms with Crippen LogP contribution in [-0.2, 0) is 0 Å². The second-order valence-corrected chi connectivity index (χ2v) is 6.16. The van der Waals surface area contributed by atoms with E-state index in [1.165, 1.54) is 44.9 Å². The summed E-state index contributed by atoms with van der Waals surface area (Å²) in [4.78, 5) is 0. The van der Waals surface area contributed by atoms with Gasteiger partial charge in [0.25, 0.3) is 0 Å². The number of hydrogen-bond acceptors (Lipinski definition) is 0. The maximum atomic E-state index is 3.95. The fourth-order valence-corrected chi connectivity index (χ4v) is 3.53. The summed E-state index contributed by atoms with van der Waals surface area (Å²) in [6.45, 7) is 10.8. The van der Waals surface area contributed by atoms with Crippen molar-refractivity contribution in [2.24, 2.45) is 23.7 Å². The lowest BCUT2D eigenvalue weighted by Gasteiger charge is -2.33. The molecular weight excluding hydrogens is 216 g/mol. The fourth-order valence-electron chi connectivity index (χ4n) is 3.53. The SMILES string of the molecule is C=CC1CCC(C(CC)CCC(C)/C=C/C)CC1. The quantitative estimate of drug-likeness (QED) is 0.485. The van der Waals surface area contributed by atoms with Gasteiger partial charge in [-0.1, -0.05) is 38.5 Å². The molecule has 0 spiro atoms. The van der Waals surface area contributed by atoms with Gasteiger partial charge in [-0.2, -0.15) is 0 Å². The monoisotopic (exact) mass is 248 g/mol. The molecule has 0 bridgehead atoms. The summed E-state index contributed by atoms with van der Waals surface area (Å²) in [6, 6.07) is 0. The second-order valence-electron chi connectivity index (χ2n) is 6.16. The van der Waals surface area contributed by atoms with Crippen molar-refractivity contribution in [1.29, 1.82) is 0 Å². The summed E-state index contributed by atoms with van der Waals surface area (Å²) in [6.07, 6.45) is 16.5. The molecular formula is C18H32. The van der Waals surface area contributed by atoms with Crippen LogP contribution in [0.4, 0.5) is 0 Å². The van der Waals surface area contributed by atoms with Gasteiger partial charge >= 0.3 is 0 Å². The molecule has 1 fully saturated rings. The van der Waals surface area contributed by atoms with E-state index in [2.05, 4.69) is 45.6 Å². The molecule has 0 radical (unpaired) electrons. The van der Waals surface area contributed by atoms with Gasteiger partial charge in [-0.25, -0.2) is 0 Å². The summed E-state index contributed by atoms with van der Waals surface area (Å²) in [7, 11) is 0. The summed E-state index contributed by atoms with van der Waals surface area (Å²) in [5, 5.41) is 0. The lowest BCUT2D eigenvalue weighted by atomic mass is 9.73. The maximum Gasteiger partial charge on any atom is -0.0236 e. The number of allylic oxidation sites excluding steroid dienone is 3. The van der Waals surface area contributed by atoms with Crippen LogP contribution in [0.25, 0.3) is 0 Å². The first-order valence-corrected chi connectivity index (χ1v) is 7.96. The van der Waals surface area contributed by atoms with E-state index < -0.39 is 0 Å². The largest absolute Gasteiger partial charge is 0.103 e. The molecule has 0 saturated heterocycles. The topological polar surface area (TPSA) is 0 Å². The van der Waals surface area contributed by atoms with Crippen molar-refractivity contribution in [2.75, 3.05) is 0 Å². The predicted molar refractivity (Wildman–Crippen MR) is 82.6 cm³/mol. The van der Waals surface area contributed by atoms with Crippen molar-refractivity contribution in [3.8, 4) is 0 Å². The van der Waals surface area contributed by atoms with Crippen molar-refractivity contribution in [3.63, 3.8) is 0 Å². The summed E-state index contributed by atoms with van der Waals surface area (Å²) < 4.78 is 0. The Kier molecular flexibility index (Phi) is 7.39. The molecule has 1 aliphatic carbocycles. The van der Waals surface area contributed by atoms with Crippen molar-refractivity contribution in [1.82, 2.24) is 0 Å². The van der Waals surface area contributed by atoms with Gasteiger partial charge in [-0.3, -0.25) is 0 Å². The van der Waals surface area contributed by atoms with Crippen LogP contribution < -0.4 is 0 Å². The normalized spacial score (nSPS) is 28.2. The molecule has 0 aromatic rings. The van der Waals surface area contributed by atoms with Crippen molar-refractivity contribution in [3.05, 3.63) is 24.8 Å². The van der Waals surface area contributed by atoms with Gasteiger partial charge in [0.1, 0.15) is 0 Å². The molecule has 0 aliphatic heterocycles. The van der Waals surface area contributed by atoms with E-state index in [0.717, 1.165) is 23.7 Å². The molecule has 0 N–H and O–H groups in total. The predicted octanol–water partition coefficient (Wildman–Crippen LogP) is 6.00. The highest BCUT2D eigenvalue weighted by atomic mass is 14.3. The Labute approximate surface area is 115 Å². The Morgan fingerprint density at radius 2 is 1.83 bits per heavy atom. The first kappa shape index (κ1) is 15.5. The van der Waals surface area contributed by atoms with Crippen LogP contribution in [-0.4, -0.2) is 0 Å². The van der Waals surface area contributed by atoms with Gasteiger partial charge in [-0.15, -0.1) is 6.58 Å². The minimum absolute atomic E-state index is 0.758. The number of rotatable bonds is 7. The highest BCUT2D eigenvalue weighted by Crippen LogP contribution is 2.37. The molecule has 18 heavy (non-hydrogen) atoms. The maximum absolute atomic E-state index is 3.95. The van der Waals surface area contributed by atoms with E-state index in [-0.39, 0.29) is 0 Å². The first-order chi connectivity index (χ1) is 8.71. The molecule has 1 aliphatic rings. The van der Waals surface area contributed by atoms with E-state index in [0.29, 0.717) is 0 Å². The molecule has 0 heterocycles. The molecule has 0 nitrogen and oxygen atoms in total. The van der Waals surface area contributed by atoms with E-state index in [1.807, 2.05) is 0 Å². The lowest BCUT2D eigenvalue weighted by molar-refractivity contribution is 0.202. The van der Waals surface area contributed by atoms with Crippen molar-refractivity contribution < 1.29 is 0 Å². The van der Waals surface area contributed by atoms with Gasteiger partial charge < -0.3 is 0 Å².